The van der Waals surface area contributed by atoms with Crippen molar-refractivity contribution in [3.63, 3.8) is 0 Å². The molecule has 4 rings (SSSR count). The van der Waals surface area contributed by atoms with Gasteiger partial charge in [0.25, 0.3) is 0 Å². The second-order valence-corrected chi connectivity index (χ2v) is 7.97. The van der Waals surface area contributed by atoms with Crippen molar-refractivity contribution in [1.82, 2.24) is 14.7 Å². The van der Waals surface area contributed by atoms with E-state index in [1.54, 1.807) is 24.5 Å². The maximum absolute atomic E-state index is 11.7. The summed E-state index contributed by atoms with van der Waals surface area (Å²) in [6.07, 6.45) is 2.76. The van der Waals surface area contributed by atoms with Gasteiger partial charge in [-0.15, -0.1) is 0 Å². The van der Waals surface area contributed by atoms with E-state index in [4.69, 9.17) is 8.94 Å². The summed E-state index contributed by atoms with van der Waals surface area (Å²) in [6, 6.07) is 12.8. The SMILES string of the molecule is CS(=O)(=O)Cc1nc2ccccc2n1Cc1cc(-c2ccco2)on1. The van der Waals surface area contributed by atoms with E-state index < -0.39 is 9.84 Å². The second kappa shape index (κ2) is 5.89. The lowest BCUT2D eigenvalue weighted by Crippen LogP contribution is -2.10. The third-order valence-corrected chi connectivity index (χ3v) is 4.55. The molecule has 0 fully saturated rings. The third kappa shape index (κ3) is 3.20. The highest BCUT2D eigenvalue weighted by molar-refractivity contribution is 7.89. The minimum atomic E-state index is -3.21. The lowest BCUT2D eigenvalue weighted by molar-refractivity contribution is 0.409. The summed E-state index contributed by atoms with van der Waals surface area (Å²) in [5.74, 6) is 1.45. The zero-order chi connectivity index (χ0) is 17.4. The van der Waals surface area contributed by atoms with Gasteiger partial charge in [-0.1, -0.05) is 17.3 Å². The minimum Gasteiger partial charge on any atom is -0.461 e. The molecule has 128 valence electrons. The molecule has 0 aliphatic heterocycles. The van der Waals surface area contributed by atoms with Crippen molar-refractivity contribution in [2.24, 2.45) is 0 Å². The summed E-state index contributed by atoms with van der Waals surface area (Å²) in [7, 11) is -3.21. The Morgan fingerprint density at radius 2 is 1.96 bits per heavy atom. The molecule has 8 heteroatoms. The van der Waals surface area contributed by atoms with Crippen LogP contribution < -0.4 is 0 Å². The quantitative estimate of drug-likeness (QED) is 0.545. The van der Waals surface area contributed by atoms with Crippen molar-refractivity contribution in [2.45, 2.75) is 12.3 Å². The van der Waals surface area contributed by atoms with Gasteiger partial charge in [-0.25, -0.2) is 13.4 Å². The predicted molar refractivity (Wildman–Crippen MR) is 91.6 cm³/mol. The van der Waals surface area contributed by atoms with Crippen molar-refractivity contribution in [3.8, 4) is 11.5 Å². The summed E-state index contributed by atoms with van der Waals surface area (Å²) in [6.45, 7) is 0.357. The molecule has 0 amide bonds. The molecule has 0 N–H and O–H groups in total. The molecule has 3 aromatic heterocycles. The highest BCUT2D eigenvalue weighted by atomic mass is 32.2. The summed E-state index contributed by atoms with van der Waals surface area (Å²) in [4.78, 5) is 4.46. The highest BCUT2D eigenvalue weighted by Gasteiger charge is 2.17. The number of hydrogen-bond donors (Lipinski definition) is 0. The smallest absolute Gasteiger partial charge is 0.202 e. The van der Waals surface area contributed by atoms with Crippen LogP contribution in [0.2, 0.25) is 0 Å². The minimum absolute atomic E-state index is 0.134. The van der Waals surface area contributed by atoms with Crippen LogP contribution in [0.5, 0.6) is 0 Å². The molecule has 0 aliphatic rings. The van der Waals surface area contributed by atoms with Crippen LogP contribution in [-0.4, -0.2) is 29.4 Å². The van der Waals surface area contributed by atoms with E-state index in [2.05, 4.69) is 10.1 Å². The zero-order valence-corrected chi connectivity index (χ0v) is 14.2. The van der Waals surface area contributed by atoms with Crippen LogP contribution in [0.15, 0.2) is 57.7 Å². The zero-order valence-electron chi connectivity index (χ0n) is 13.4. The Morgan fingerprint density at radius 3 is 2.72 bits per heavy atom. The Morgan fingerprint density at radius 1 is 1.12 bits per heavy atom. The van der Waals surface area contributed by atoms with E-state index in [-0.39, 0.29) is 5.75 Å². The fourth-order valence-electron chi connectivity index (χ4n) is 2.73. The number of para-hydroxylation sites is 2. The van der Waals surface area contributed by atoms with Gasteiger partial charge in [0.05, 0.1) is 23.8 Å². The number of fused-ring (bicyclic) bond motifs is 1. The van der Waals surface area contributed by atoms with Gasteiger partial charge in [0.2, 0.25) is 5.76 Å². The lowest BCUT2D eigenvalue weighted by Gasteiger charge is -2.06. The topological polar surface area (TPSA) is 91.1 Å². The first-order valence-corrected chi connectivity index (χ1v) is 9.67. The molecule has 4 aromatic rings. The van der Waals surface area contributed by atoms with E-state index in [9.17, 15) is 8.42 Å². The monoisotopic (exact) mass is 357 g/mol. The highest BCUT2D eigenvalue weighted by Crippen LogP contribution is 2.23. The number of aromatic nitrogens is 3. The Labute approximate surface area is 143 Å². The van der Waals surface area contributed by atoms with Gasteiger partial charge in [-0.05, 0) is 24.3 Å². The number of sulfone groups is 1. The van der Waals surface area contributed by atoms with Crippen LogP contribution >= 0.6 is 0 Å². The molecule has 0 bridgehead atoms. The van der Waals surface area contributed by atoms with E-state index in [0.717, 1.165) is 11.0 Å². The van der Waals surface area contributed by atoms with Gasteiger partial charge in [0.1, 0.15) is 17.3 Å². The first-order chi connectivity index (χ1) is 12.0. The maximum atomic E-state index is 11.7. The normalized spacial score (nSPS) is 12.0. The van der Waals surface area contributed by atoms with Crippen molar-refractivity contribution in [1.29, 1.82) is 0 Å². The molecule has 0 saturated heterocycles. The van der Waals surface area contributed by atoms with Crippen molar-refractivity contribution in [3.05, 3.63) is 60.2 Å². The van der Waals surface area contributed by atoms with Crippen LogP contribution in [0.3, 0.4) is 0 Å². The molecular weight excluding hydrogens is 342 g/mol. The number of benzene rings is 1. The Balaban J connectivity index is 1.74. The molecule has 0 aliphatic carbocycles. The van der Waals surface area contributed by atoms with Crippen LogP contribution in [0.1, 0.15) is 11.5 Å². The number of rotatable bonds is 5. The summed E-state index contributed by atoms with van der Waals surface area (Å²) in [5.41, 5.74) is 2.25. The average molecular weight is 357 g/mol. The standard InChI is InChI=1S/C17H15N3O4S/c1-25(21,22)11-17-18-13-5-2-3-6-14(13)20(17)10-12-9-16(24-19-12)15-7-4-8-23-15/h2-9H,10-11H2,1H3. The number of furan rings is 1. The molecule has 0 spiro atoms. The first kappa shape index (κ1) is 15.6. The largest absolute Gasteiger partial charge is 0.461 e. The second-order valence-electron chi connectivity index (χ2n) is 5.83. The molecule has 0 atom stereocenters. The van der Waals surface area contributed by atoms with Crippen molar-refractivity contribution in [2.75, 3.05) is 6.26 Å². The number of nitrogens with zero attached hydrogens (tertiary/aromatic N) is 3. The van der Waals surface area contributed by atoms with Crippen molar-refractivity contribution < 1.29 is 17.4 Å². The molecule has 0 unspecified atom stereocenters. The van der Waals surface area contributed by atoms with Crippen LogP contribution in [-0.2, 0) is 22.1 Å². The maximum Gasteiger partial charge on any atom is 0.202 e. The molecule has 3 heterocycles. The number of hydrogen-bond acceptors (Lipinski definition) is 6. The van der Waals surface area contributed by atoms with E-state index in [0.29, 0.717) is 29.6 Å². The first-order valence-electron chi connectivity index (χ1n) is 7.61. The van der Waals surface area contributed by atoms with E-state index in [1.165, 1.54) is 6.26 Å². The van der Waals surface area contributed by atoms with Crippen LogP contribution in [0.25, 0.3) is 22.6 Å². The Bertz CT molecular complexity index is 1120. The Hall–Kier alpha value is -2.87. The van der Waals surface area contributed by atoms with Gasteiger partial charge >= 0.3 is 0 Å². The van der Waals surface area contributed by atoms with Gasteiger partial charge in [-0.2, -0.15) is 0 Å². The van der Waals surface area contributed by atoms with E-state index in [1.807, 2.05) is 28.8 Å². The van der Waals surface area contributed by atoms with Gasteiger partial charge in [-0.3, -0.25) is 0 Å². The average Bonchev–Trinajstić information content (AvgIpc) is 3.27. The summed E-state index contributed by atoms with van der Waals surface area (Å²) < 4.78 is 35.9. The van der Waals surface area contributed by atoms with Crippen LogP contribution in [0.4, 0.5) is 0 Å². The molecule has 0 radical (unpaired) electrons. The molecule has 1 aromatic carbocycles. The van der Waals surface area contributed by atoms with Gasteiger partial charge < -0.3 is 13.5 Å². The van der Waals surface area contributed by atoms with E-state index >= 15 is 0 Å². The molecule has 7 nitrogen and oxygen atoms in total. The summed E-state index contributed by atoms with van der Waals surface area (Å²) in [5, 5.41) is 4.06. The summed E-state index contributed by atoms with van der Waals surface area (Å²) >= 11 is 0. The number of imidazole rings is 1. The molecule has 25 heavy (non-hydrogen) atoms. The lowest BCUT2D eigenvalue weighted by atomic mass is 10.3. The predicted octanol–water partition coefficient (Wildman–Crippen LogP) is 2.88. The van der Waals surface area contributed by atoms with Crippen LogP contribution in [0, 0.1) is 0 Å². The fourth-order valence-corrected chi connectivity index (χ4v) is 3.42. The third-order valence-electron chi connectivity index (χ3n) is 3.77. The fraction of sp³-hybridized carbons (Fsp3) is 0.176. The molecule has 0 saturated carbocycles. The Kier molecular flexibility index (Phi) is 3.69. The van der Waals surface area contributed by atoms with Gasteiger partial charge in [0.15, 0.2) is 15.6 Å². The molecular formula is C17H15N3O4S. The van der Waals surface area contributed by atoms with Gasteiger partial charge in [0, 0.05) is 12.3 Å². The van der Waals surface area contributed by atoms with Crippen molar-refractivity contribution >= 4 is 20.9 Å².